The summed E-state index contributed by atoms with van der Waals surface area (Å²) < 4.78 is 1.80. The molecule has 3 rings (SSSR count). The second kappa shape index (κ2) is 7.19. The molecule has 3 N–H and O–H groups in total. The Morgan fingerprint density at radius 3 is 2.60 bits per heavy atom. The van der Waals surface area contributed by atoms with Crippen LogP contribution in [0.5, 0.6) is 0 Å². The number of carbonyl (C=O) groups excluding carboxylic acids is 2. The molecular formula is C19H19N3O3. The molecular weight excluding hydrogens is 318 g/mol. The van der Waals surface area contributed by atoms with Gasteiger partial charge < -0.3 is 20.3 Å². The van der Waals surface area contributed by atoms with Crippen molar-refractivity contribution in [3.63, 3.8) is 0 Å². The molecule has 0 spiro atoms. The van der Waals surface area contributed by atoms with E-state index in [2.05, 4.69) is 10.6 Å². The van der Waals surface area contributed by atoms with Crippen molar-refractivity contribution >= 4 is 28.4 Å². The van der Waals surface area contributed by atoms with E-state index in [0.29, 0.717) is 11.3 Å². The zero-order valence-corrected chi connectivity index (χ0v) is 13.8. The highest BCUT2D eigenvalue weighted by molar-refractivity contribution is 5.97. The normalized spacial score (nSPS) is 11.9. The first kappa shape index (κ1) is 16.7. The van der Waals surface area contributed by atoms with Crippen LogP contribution in [0.4, 0.5) is 5.69 Å². The number of carbonyl (C=O) groups is 2. The minimum Gasteiger partial charge on any atom is -0.378 e. The van der Waals surface area contributed by atoms with Crippen molar-refractivity contribution in [2.45, 2.75) is 12.6 Å². The predicted octanol–water partition coefficient (Wildman–Crippen LogP) is 2.06. The fourth-order valence-corrected chi connectivity index (χ4v) is 2.63. The highest BCUT2D eigenvalue weighted by Crippen LogP contribution is 2.22. The third-order valence-corrected chi connectivity index (χ3v) is 4.00. The topological polar surface area (TPSA) is 83.4 Å². The number of nitrogens with zero attached hydrogens (tertiary/aromatic N) is 1. The lowest BCUT2D eigenvalue weighted by Crippen LogP contribution is -2.23. The minimum absolute atomic E-state index is 0.105. The molecule has 0 aliphatic rings. The van der Waals surface area contributed by atoms with E-state index >= 15 is 0 Å². The van der Waals surface area contributed by atoms with E-state index in [4.69, 9.17) is 0 Å². The van der Waals surface area contributed by atoms with Crippen LogP contribution in [-0.2, 0) is 16.1 Å². The van der Waals surface area contributed by atoms with E-state index in [1.165, 1.54) is 0 Å². The number of amides is 2. The van der Waals surface area contributed by atoms with Crippen LogP contribution in [0.1, 0.15) is 11.7 Å². The molecule has 6 nitrogen and oxygen atoms in total. The molecule has 128 valence electrons. The van der Waals surface area contributed by atoms with Crippen LogP contribution in [0.2, 0.25) is 0 Å². The number of aliphatic hydroxyl groups excluding tert-OH is 1. The molecule has 0 bridgehead atoms. The Labute approximate surface area is 145 Å². The van der Waals surface area contributed by atoms with Gasteiger partial charge in [0.15, 0.2) is 6.10 Å². The average Bonchev–Trinajstić information content (AvgIpc) is 3.03. The van der Waals surface area contributed by atoms with Crippen LogP contribution in [0.25, 0.3) is 10.9 Å². The molecule has 0 saturated heterocycles. The highest BCUT2D eigenvalue weighted by atomic mass is 16.3. The molecule has 2 amide bonds. The lowest BCUT2D eigenvalue weighted by Gasteiger charge is -2.12. The van der Waals surface area contributed by atoms with E-state index in [0.717, 1.165) is 10.9 Å². The zero-order chi connectivity index (χ0) is 17.8. The summed E-state index contributed by atoms with van der Waals surface area (Å²) in [5, 5.41) is 16.4. The maximum absolute atomic E-state index is 12.3. The molecule has 1 unspecified atom stereocenters. The van der Waals surface area contributed by atoms with Crippen molar-refractivity contribution in [1.29, 1.82) is 0 Å². The molecule has 0 aliphatic heterocycles. The molecule has 0 radical (unpaired) electrons. The number of benzene rings is 2. The molecule has 1 heterocycles. The smallest absolute Gasteiger partial charge is 0.257 e. The predicted molar refractivity (Wildman–Crippen MR) is 96.0 cm³/mol. The number of aromatic nitrogens is 1. The van der Waals surface area contributed by atoms with Crippen LogP contribution in [0.15, 0.2) is 60.8 Å². The van der Waals surface area contributed by atoms with Gasteiger partial charge in [-0.2, -0.15) is 0 Å². The van der Waals surface area contributed by atoms with Crippen LogP contribution < -0.4 is 10.6 Å². The Kier molecular flexibility index (Phi) is 4.81. The third-order valence-electron chi connectivity index (χ3n) is 4.00. The SMILES string of the molecule is CNC(=O)Cn1ccc2ccc(NC(=O)C(O)c3ccccc3)cc21. The summed E-state index contributed by atoms with van der Waals surface area (Å²) in [6, 6.07) is 16.1. The van der Waals surface area contributed by atoms with Crippen molar-refractivity contribution < 1.29 is 14.7 Å². The fourth-order valence-electron chi connectivity index (χ4n) is 2.63. The minimum atomic E-state index is -1.24. The van der Waals surface area contributed by atoms with Gasteiger partial charge in [0.05, 0.1) is 5.52 Å². The second-order valence-electron chi connectivity index (χ2n) is 5.69. The lowest BCUT2D eigenvalue weighted by molar-refractivity contribution is -0.124. The molecule has 0 saturated carbocycles. The number of fused-ring (bicyclic) bond motifs is 1. The van der Waals surface area contributed by atoms with Gasteiger partial charge in [0, 0.05) is 18.9 Å². The summed E-state index contributed by atoms with van der Waals surface area (Å²) in [4.78, 5) is 23.9. The van der Waals surface area contributed by atoms with E-state index in [-0.39, 0.29) is 12.5 Å². The van der Waals surface area contributed by atoms with Gasteiger partial charge in [-0.05, 0) is 29.1 Å². The standard InChI is InChI=1S/C19H19N3O3/c1-20-17(23)12-22-10-9-13-7-8-15(11-16(13)22)21-19(25)18(24)14-5-3-2-4-6-14/h2-11,18,24H,12H2,1H3,(H,20,23)(H,21,25). The summed E-state index contributed by atoms with van der Waals surface area (Å²) in [5.41, 5.74) is 1.92. The molecule has 6 heteroatoms. The van der Waals surface area contributed by atoms with Gasteiger partial charge in [0.25, 0.3) is 5.91 Å². The van der Waals surface area contributed by atoms with Crippen molar-refractivity contribution in [1.82, 2.24) is 9.88 Å². The number of hydrogen-bond donors (Lipinski definition) is 3. The molecule has 0 fully saturated rings. The van der Waals surface area contributed by atoms with Gasteiger partial charge >= 0.3 is 0 Å². The molecule has 0 aliphatic carbocycles. The Morgan fingerprint density at radius 1 is 1.12 bits per heavy atom. The van der Waals surface area contributed by atoms with Crippen molar-refractivity contribution in [3.8, 4) is 0 Å². The fraction of sp³-hybridized carbons (Fsp3) is 0.158. The van der Waals surface area contributed by atoms with Gasteiger partial charge in [0.2, 0.25) is 5.91 Å². The Hall–Kier alpha value is -3.12. The van der Waals surface area contributed by atoms with E-state index in [1.54, 1.807) is 48.0 Å². The summed E-state index contributed by atoms with van der Waals surface area (Å²) in [7, 11) is 1.59. The van der Waals surface area contributed by atoms with Crippen LogP contribution >= 0.6 is 0 Å². The number of likely N-dealkylation sites (N-methyl/N-ethyl adjacent to an activating group) is 1. The van der Waals surface area contributed by atoms with Crippen molar-refractivity contribution in [2.24, 2.45) is 0 Å². The number of hydrogen-bond acceptors (Lipinski definition) is 3. The van der Waals surface area contributed by atoms with Crippen LogP contribution in [-0.4, -0.2) is 28.5 Å². The van der Waals surface area contributed by atoms with Crippen LogP contribution in [0, 0.1) is 0 Å². The Balaban J connectivity index is 1.80. The molecule has 1 aromatic heterocycles. The summed E-state index contributed by atoms with van der Waals surface area (Å²) >= 11 is 0. The molecule has 1 atom stereocenters. The quantitative estimate of drug-likeness (QED) is 0.666. The molecule has 25 heavy (non-hydrogen) atoms. The number of nitrogens with one attached hydrogen (secondary N) is 2. The van der Waals surface area contributed by atoms with E-state index in [1.807, 2.05) is 24.4 Å². The summed E-state index contributed by atoms with van der Waals surface area (Å²) in [6.45, 7) is 0.198. The average molecular weight is 337 g/mol. The molecule has 2 aromatic carbocycles. The highest BCUT2D eigenvalue weighted by Gasteiger charge is 2.17. The monoisotopic (exact) mass is 337 g/mol. The van der Waals surface area contributed by atoms with Crippen molar-refractivity contribution in [2.75, 3.05) is 12.4 Å². The first-order chi connectivity index (χ1) is 12.1. The van der Waals surface area contributed by atoms with Gasteiger partial charge in [-0.1, -0.05) is 36.4 Å². The largest absolute Gasteiger partial charge is 0.378 e. The maximum atomic E-state index is 12.3. The maximum Gasteiger partial charge on any atom is 0.257 e. The Morgan fingerprint density at radius 2 is 1.88 bits per heavy atom. The number of aliphatic hydroxyl groups is 1. The van der Waals surface area contributed by atoms with Gasteiger partial charge in [-0.15, -0.1) is 0 Å². The summed E-state index contributed by atoms with van der Waals surface area (Å²) in [6.07, 6.45) is 0.583. The van der Waals surface area contributed by atoms with Gasteiger partial charge in [0.1, 0.15) is 6.54 Å². The number of rotatable bonds is 5. The Bertz CT molecular complexity index is 903. The van der Waals surface area contributed by atoms with E-state index < -0.39 is 12.0 Å². The van der Waals surface area contributed by atoms with Gasteiger partial charge in [-0.3, -0.25) is 9.59 Å². The van der Waals surface area contributed by atoms with E-state index in [9.17, 15) is 14.7 Å². The summed E-state index contributed by atoms with van der Waals surface area (Å²) in [5.74, 6) is -0.610. The first-order valence-corrected chi connectivity index (χ1v) is 7.92. The number of anilines is 1. The molecule has 3 aromatic rings. The van der Waals surface area contributed by atoms with Crippen LogP contribution in [0.3, 0.4) is 0 Å². The zero-order valence-electron chi connectivity index (χ0n) is 13.8. The second-order valence-corrected chi connectivity index (χ2v) is 5.69. The van der Waals surface area contributed by atoms with Gasteiger partial charge in [-0.25, -0.2) is 0 Å². The lowest BCUT2D eigenvalue weighted by atomic mass is 10.1. The third kappa shape index (κ3) is 3.70. The first-order valence-electron chi connectivity index (χ1n) is 7.92. The van der Waals surface area contributed by atoms with Crippen molar-refractivity contribution in [3.05, 3.63) is 66.4 Å².